The van der Waals surface area contributed by atoms with Crippen molar-refractivity contribution >= 4 is 5.91 Å². The van der Waals surface area contributed by atoms with Crippen molar-refractivity contribution in [2.45, 2.75) is 65.0 Å². The van der Waals surface area contributed by atoms with E-state index in [1.807, 2.05) is 0 Å². The number of rotatable bonds is 5. The molecule has 23 heavy (non-hydrogen) atoms. The molecule has 0 spiro atoms. The van der Waals surface area contributed by atoms with Crippen LogP contribution in [-0.4, -0.2) is 61.5 Å². The minimum absolute atomic E-state index is 0.0355. The Balaban J connectivity index is 1.81. The third-order valence-corrected chi connectivity index (χ3v) is 6.34. The van der Waals surface area contributed by atoms with Gasteiger partial charge in [0.2, 0.25) is 5.91 Å². The summed E-state index contributed by atoms with van der Waals surface area (Å²) in [4.78, 5) is 17.3. The molecule has 1 saturated carbocycles. The van der Waals surface area contributed by atoms with Crippen LogP contribution in [0, 0.1) is 17.8 Å². The predicted octanol–water partition coefficient (Wildman–Crippen LogP) is 2.59. The molecule has 0 aromatic heterocycles. The van der Waals surface area contributed by atoms with E-state index in [0.29, 0.717) is 17.9 Å². The van der Waals surface area contributed by atoms with Crippen LogP contribution in [0.4, 0.5) is 0 Å². The molecule has 2 aliphatic rings. The highest BCUT2D eigenvalue weighted by Crippen LogP contribution is 2.29. The zero-order valence-corrected chi connectivity index (χ0v) is 15.8. The molecule has 5 atom stereocenters. The van der Waals surface area contributed by atoms with Crippen molar-refractivity contribution in [1.82, 2.24) is 15.1 Å². The Morgan fingerprint density at radius 2 is 2.00 bits per heavy atom. The second-order valence-corrected chi connectivity index (χ2v) is 8.27. The maximum Gasteiger partial charge on any atom is 0.237 e. The van der Waals surface area contributed by atoms with Gasteiger partial charge in [-0.15, -0.1) is 0 Å². The second kappa shape index (κ2) is 8.48. The van der Waals surface area contributed by atoms with E-state index in [0.717, 1.165) is 25.4 Å². The molecule has 0 aromatic rings. The zero-order valence-electron chi connectivity index (χ0n) is 15.8. The lowest BCUT2D eigenvalue weighted by molar-refractivity contribution is -0.127. The molecule has 5 unspecified atom stereocenters. The van der Waals surface area contributed by atoms with Crippen LogP contribution in [0.1, 0.15) is 52.9 Å². The number of hydrogen-bond donors (Lipinski definition) is 1. The third kappa shape index (κ3) is 5.18. The largest absolute Gasteiger partial charge is 0.352 e. The SMILES string of the molecule is CC1CCCC(NC(=O)C(C)N(C)CC2CCCN(C)C2)C1C. The van der Waals surface area contributed by atoms with E-state index < -0.39 is 0 Å². The predicted molar refractivity (Wildman–Crippen MR) is 96.4 cm³/mol. The summed E-state index contributed by atoms with van der Waals surface area (Å²) in [5, 5.41) is 3.33. The van der Waals surface area contributed by atoms with Gasteiger partial charge in [-0.05, 0) is 64.6 Å². The van der Waals surface area contributed by atoms with Crippen LogP contribution in [0.3, 0.4) is 0 Å². The number of amides is 1. The van der Waals surface area contributed by atoms with Gasteiger partial charge in [0.1, 0.15) is 0 Å². The van der Waals surface area contributed by atoms with Crippen LogP contribution >= 0.6 is 0 Å². The van der Waals surface area contributed by atoms with Crippen LogP contribution in [0.15, 0.2) is 0 Å². The summed E-state index contributed by atoms with van der Waals surface area (Å²) in [6.07, 6.45) is 6.27. The highest BCUT2D eigenvalue weighted by Gasteiger charge is 2.30. The molecule has 2 fully saturated rings. The molecule has 0 bridgehead atoms. The average molecular weight is 324 g/mol. The summed E-state index contributed by atoms with van der Waals surface area (Å²) in [5.41, 5.74) is 0. The zero-order chi connectivity index (χ0) is 17.0. The standard InChI is InChI=1S/C19H37N3O/c1-14-8-6-10-18(15(14)2)20-19(23)16(3)22(5)13-17-9-7-11-21(4)12-17/h14-18H,6-13H2,1-5H3,(H,20,23). The number of carbonyl (C=O) groups excluding carboxylic acids is 1. The van der Waals surface area contributed by atoms with Crippen LogP contribution in [0.5, 0.6) is 0 Å². The normalized spacial score (nSPS) is 34.3. The van der Waals surface area contributed by atoms with Crippen molar-refractivity contribution in [3.63, 3.8) is 0 Å². The van der Waals surface area contributed by atoms with Crippen molar-refractivity contribution in [1.29, 1.82) is 0 Å². The Hall–Kier alpha value is -0.610. The Morgan fingerprint density at radius 1 is 1.26 bits per heavy atom. The summed E-state index contributed by atoms with van der Waals surface area (Å²) in [6, 6.07) is 0.328. The van der Waals surface area contributed by atoms with Gasteiger partial charge >= 0.3 is 0 Å². The van der Waals surface area contributed by atoms with Crippen molar-refractivity contribution in [3.8, 4) is 0 Å². The van der Waals surface area contributed by atoms with E-state index in [2.05, 4.69) is 50.0 Å². The van der Waals surface area contributed by atoms with Crippen molar-refractivity contribution in [3.05, 3.63) is 0 Å². The summed E-state index contributed by atoms with van der Waals surface area (Å²) in [7, 11) is 4.31. The van der Waals surface area contributed by atoms with E-state index in [4.69, 9.17) is 0 Å². The number of hydrogen-bond acceptors (Lipinski definition) is 3. The van der Waals surface area contributed by atoms with Crippen LogP contribution in [-0.2, 0) is 4.79 Å². The second-order valence-electron chi connectivity index (χ2n) is 8.27. The Labute approximate surface area is 143 Å². The molecule has 1 aliphatic heterocycles. The van der Waals surface area contributed by atoms with E-state index >= 15 is 0 Å². The lowest BCUT2D eigenvalue weighted by Crippen LogP contribution is -2.51. The van der Waals surface area contributed by atoms with Gasteiger partial charge in [0.05, 0.1) is 6.04 Å². The lowest BCUT2D eigenvalue weighted by atomic mass is 9.78. The Morgan fingerprint density at radius 3 is 2.70 bits per heavy atom. The van der Waals surface area contributed by atoms with Crippen molar-refractivity contribution in [2.24, 2.45) is 17.8 Å². The molecule has 1 aliphatic carbocycles. The average Bonchev–Trinajstić information content (AvgIpc) is 2.51. The van der Waals surface area contributed by atoms with Gasteiger partial charge in [-0.2, -0.15) is 0 Å². The molecule has 0 radical (unpaired) electrons. The van der Waals surface area contributed by atoms with E-state index in [9.17, 15) is 4.79 Å². The summed E-state index contributed by atoms with van der Waals surface area (Å²) < 4.78 is 0. The number of piperidine rings is 1. The van der Waals surface area contributed by atoms with Gasteiger partial charge in [0.15, 0.2) is 0 Å². The summed E-state index contributed by atoms with van der Waals surface area (Å²) in [6.45, 7) is 10.1. The topological polar surface area (TPSA) is 35.6 Å². The molecule has 1 amide bonds. The highest BCUT2D eigenvalue weighted by molar-refractivity contribution is 5.81. The molecule has 1 N–H and O–H groups in total. The van der Waals surface area contributed by atoms with Crippen LogP contribution in [0.25, 0.3) is 0 Å². The fraction of sp³-hybridized carbons (Fsp3) is 0.947. The van der Waals surface area contributed by atoms with Crippen LogP contribution < -0.4 is 5.32 Å². The van der Waals surface area contributed by atoms with E-state index in [1.165, 1.54) is 32.2 Å². The van der Waals surface area contributed by atoms with Gasteiger partial charge in [-0.3, -0.25) is 9.69 Å². The molecular weight excluding hydrogens is 286 g/mol. The first-order chi connectivity index (χ1) is 10.9. The molecule has 1 saturated heterocycles. The monoisotopic (exact) mass is 323 g/mol. The van der Waals surface area contributed by atoms with Crippen molar-refractivity contribution < 1.29 is 4.79 Å². The number of nitrogens with one attached hydrogen (secondary N) is 1. The highest BCUT2D eigenvalue weighted by atomic mass is 16.2. The smallest absolute Gasteiger partial charge is 0.237 e. The first kappa shape index (κ1) is 18.7. The number of likely N-dealkylation sites (N-methyl/N-ethyl adjacent to an activating group) is 1. The first-order valence-electron chi connectivity index (χ1n) is 9.57. The third-order valence-electron chi connectivity index (χ3n) is 6.34. The first-order valence-corrected chi connectivity index (χ1v) is 9.57. The number of likely N-dealkylation sites (tertiary alicyclic amines) is 1. The molecule has 2 rings (SSSR count). The molecule has 1 heterocycles. The van der Waals surface area contributed by atoms with Crippen molar-refractivity contribution in [2.75, 3.05) is 33.7 Å². The maximum atomic E-state index is 12.6. The summed E-state index contributed by atoms with van der Waals surface area (Å²) >= 11 is 0. The Bertz CT molecular complexity index is 387. The lowest BCUT2D eigenvalue weighted by Gasteiger charge is -2.37. The van der Waals surface area contributed by atoms with Gasteiger partial charge in [0, 0.05) is 19.1 Å². The fourth-order valence-electron chi connectivity index (χ4n) is 4.28. The fourth-order valence-corrected chi connectivity index (χ4v) is 4.28. The van der Waals surface area contributed by atoms with Gasteiger partial charge in [0.25, 0.3) is 0 Å². The Kier molecular flexibility index (Phi) is 6.90. The van der Waals surface area contributed by atoms with Crippen LogP contribution in [0.2, 0.25) is 0 Å². The minimum Gasteiger partial charge on any atom is -0.352 e. The summed E-state index contributed by atoms with van der Waals surface area (Å²) in [5.74, 6) is 2.22. The molecule has 134 valence electrons. The molecule has 4 heteroatoms. The van der Waals surface area contributed by atoms with Gasteiger partial charge < -0.3 is 10.2 Å². The quantitative estimate of drug-likeness (QED) is 0.845. The number of nitrogens with zero attached hydrogens (tertiary/aromatic N) is 2. The molecular formula is C19H37N3O. The van der Waals surface area contributed by atoms with E-state index in [1.54, 1.807) is 0 Å². The van der Waals surface area contributed by atoms with E-state index in [-0.39, 0.29) is 11.9 Å². The molecule has 0 aromatic carbocycles. The minimum atomic E-state index is -0.0355. The molecule has 4 nitrogen and oxygen atoms in total. The maximum absolute atomic E-state index is 12.6. The van der Waals surface area contributed by atoms with Gasteiger partial charge in [-0.1, -0.05) is 26.7 Å². The number of carbonyl (C=O) groups is 1. The van der Waals surface area contributed by atoms with Gasteiger partial charge in [-0.25, -0.2) is 0 Å².